The molecule has 3 aromatic heterocycles. The lowest BCUT2D eigenvalue weighted by molar-refractivity contribution is 0.869. The van der Waals surface area contributed by atoms with E-state index in [9.17, 15) is 0 Å². The molecule has 3 rings (SSSR count). The van der Waals surface area contributed by atoms with Gasteiger partial charge in [-0.1, -0.05) is 6.07 Å². The molecule has 0 unspecified atom stereocenters. The third kappa shape index (κ3) is 2.48. The molecule has 3 heterocycles. The zero-order valence-corrected chi connectivity index (χ0v) is 13.2. The average Bonchev–Trinajstić information content (AvgIpc) is 2.98. The van der Waals surface area contributed by atoms with Crippen LogP contribution >= 0.6 is 38.9 Å². The molecule has 0 radical (unpaired) electrons. The van der Waals surface area contributed by atoms with Crippen molar-refractivity contribution >= 4 is 50.2 Å². The van der Waals surface area contributed by atoms with Gasteiger partial charge in [0.05, 0.1) is 12.2 Å². The highest BCUT2D eigenvalue weighted by molar-refractivity contribution is 9.10. The van der Waals surface area contributed by atoms with Crippen LogP contribution < -0.4 is 5.32 Å². The summed E-state index contributed by atoms with van der Waals surface area (Å²) in [6, 6.07) is 6.10. The number of hydrogen-bond donors (Lipinski definition) is 1. The number of aryl methyl sites for hydroxylation is 1. The zero-order valence-electron chi connectivity index (χ0n) is 10.0. The van der Waals surface area contributed by atoms with Crippen LogP contribution in [0.4, 0.5) is 5.82 Å². The van der Waals surface area contributed by atoms with E-state index in [1.54, 1.807) is 15.9 Å². The molecule has 3 aromatic rings. The molecule has 0 saturated carbocycles. The Labute approximate surface area is 127 Å². The number of hydrogen-bond acceptors (Lipinski definition) is 4. The summed E-state index contributed by atoms with van der Waals surface area (Å²) >= 11 is 11.2. The van der Waals surface area contributed by atoms with Gasteiger partial charge in [0.2, 0.25) is 5.28 Å². The quantitative estimate of drug-likeness (QED) is 0.766. The fourth-order valence-corrected chi connectivity index (χ4v) is 3.02. The minimum absolute atomic E-state index is 0.229. The predicted octanol–water partition coefficient (Wildman–Crippen LogP) is 4.13. The van der Waals surface area contributed by atoms with Crippen LogP contribution in [0.15, 0.2) is 28.1 Å². The Morgan fingerprint density at radius 1 is 1.53 bits per heavy atom. The number of nitrogens with zero attached hydrogens (tertiary/aromatic N) is 3. The number of aromatic nitrogens is 3. The molecule has 0 saturated heterocycles. The summed E-state index contributed by atoms with van der Waals surface area (Å²) in [4.78, 5) is 5.51. The second-order valence-corrected chi connectivity index (χ2v) is 6.26. The van der Waals surface area contributed by atoms with Crippen LogP contribution in [0.1, 0.15) is 10.6 Å². The topological polar surface area (TPSA) is 42.2 Å². The number of rotatable bonds is 3. The lowest BCUT2D eigenvalue weighted by Gasteiger charge is -2.07. The summed E-state index contributed by atoms with van der Waals surface area (Å²) in [7, 11) is 0. The van der Waals surface area contributed by atoms with Crippen LogP contribution in [-0.4, -0.2) is 14.6 Å². The second kappa shape index (κ2) is 5.11. The average molecular weight is 358 g/mol. The lowest BCUT2D eigenvalue weighted by Crippen LogP contribution is -2.05. The van der Waals surface area contributed by atoms with Crippen LogP contribution in [0.25, 0.3) is 5.52 Å². The van der Waals surface area contributed by atoms with Gasteiger partial charge < -0.3 is 5.32 Å². The van der Waals surface area contributed by atoms with Gasteiger partial charge in [0.25, 0.3) is 0 Å². The van der Waals surface area contributed by atoms with Crippen molar-refractivity contribution in [3.8, 4) is 0 Å². The molecule has 1 N–H and O–H groups in total. The first-order valence-corrected chi connectivity index (χ1v) is 7.68. The standard InChI is InChI=1S/C12H10BrClN4S/c1-7-9(13)5-10-11(16-12(14)17-18(7)10)15-6-8-3-2-4-19-8/h2-5H,6H2,1H3,(H,15,16,17). The number of fused-ring (bicyclic) bond motifs is 1. The molecule has 19 heavy (non-hydrogen) atoms. The van der Waals surface area contributed by atoms with Crippen molar-refractivity contribution in [2.24, 2.45) is 0 Å². The van der Waals surface area contributed by atoms with E-state index in [1.807, 2.05) is 19.1 Å². The van der Waals surface area contributed by atoms with Gasteiger partial charge >= 0.3 is 0 Å². The van der Waals surface area contributed by atoms with E-state index >= 15 is 0 Å². The molecular weight excluding hydrogens is 348 g/mol. The molecule has 0 aliphatic rings. The highest BCUT2D eigenvalue weighted by atomic mass is 79.9. The van der Waals surface area contributed by atoms with E-state index in [2.05, 4.69) is 42.8 Å². The Morgan fingerprint density at radius 2 is 2.37 bits per heavy atom. The van der Waals surface area contributed by atoms with Crippen LogP contribution in [0.5, 0.6) is 0 Å². The molecule has 0 fully saturated rings. The molecule has 98 valence electrons. The van der Waals surface area contributed by atoms with Gasteiger partial charge in [-0.2, -0.15) is 4.98 Å². The molecular formula is C12H10BrClN4S. The van der Waals surface area contributed by atoms with Gasteiger partial charge in [0.1, 0.15) is 5.52 Å². The maximum absolute atomic E-state index is 5.97. The summed E-state index contributed by atoms with van der Waals surface area (Å²) in [6.45, 7) is 2.70. The molecule has 7 heteroatoms. The summed E-state index contributed by atoms with van der Waals surface area (Å²) in [5.74, 6) is 0.738. The first-order valence-electron chi connectivity index (χ1n) is 5.63. The largest absolute Gasteiger partial charge is 0.363 e. The van der Waals surface area contributed by atoms with Crippen molar-refractivity contribution in [3.63, 3.8) is 0 Å². The van der Waals surface area contributed by atoms with E-state index < -0.39 is 0 Å². The third-order valence-electron chi connectivity index (χ3n) is 2.79. The molecule has 0 aliphatic heterocycles. The Bertz CT molecular complexity index is 723. The van der Waals surface area contributed by atoms with E-state index in [0.717, 1.165) is 28.0 Å². The summed E-state index contributed by atoms with van der Waals surface area (Å²) in [6.07, 6.45) is 0. The maximum Gasteiger partial charge on any atom is 0.243 e. The van der Waals surface area contributed by atoms with Crippen molar-refractivity contribution in [2.45, 2.75) is 13.5 Å². The number of halogens is 2. The van der Waals surface area contributed by atoms with Crippen LogP contribution in [0.2, 0.25) is 5.28 Å². The molecule has 0 bridgehead atoms. The van der Waals surface area contributed by atoms with E-state index in [1.165, 1.54) is 4.88 Å². The second-order valence-electron chi connectivity index (χ2n) is 4.04. The zero-order chi connectivity index (χ0) is 13.4. The minimum Gasteiger partial charge on any atom is -0.363 e. The van der Waals surface area contributed by atoms with Crippen molar-refractivity contribution in [3.05, 3.63) is 43.9 Å². The smallest absolute Gasteiger partial charge is 0.243 e. The van der Waals surface area contributed by atoms with Crippen LogP contribution in [0.3, 0.4) is 0 Å². The van der Waals surface area contributed by atoms with Gasteiger partial charge in [0.15, 0.2) is 5.82 Å². The molecule has 0 aromatic carbocycles. The van der Waals surface area contributed by atoms with Gasteiger partial charge in [-0.3, -0.25) is 0 Å². The maximum atomic E-state index is 5.97. The van der Waals surface area contributed by atoms with E-state index in [4.69, 9.17) is 11.6 Å². The normalized spacial score (nSPS) is 11.1. The van der Waals surface area contributed by atoms with Crippen LogP contribution in [0, 0.1) is 6.92 Å². The van der Waals surface area contributed by atoms with Crippen LogP contribution in [-0.2, 0) is 6.54 Å². The fourth-order valence-electron chi connectivity index (χ4n) is 1.83. The SMILES string of the molecule is Cc1c(Br)cc2c(NCc3cccs3)nc(Cl)nn12. The summed E-state index contributed by atoms with van der Waals surface area (Å²) < 4.78 is 2.78. The number of nitrogens with one attached hydrogen (secondary N) is 1. The Hall–Kier alpha value is -1.11. The molecule has 0 atom stereocenters. The van der Waals surface area contributed by atoms with Crippen molar-refractivity contribution < 1.29 is 0 Å². The Kier molecular flexibility index (Phi) is 3.47. The fraction of sp³-hybridized carbons (Fsp3) is 0.167. The first kappa shape index (κ1) is 12.9. The van der Waals surface area contributed by atoms with Crippen molar-refractivity contribution in [1.29, 1.82) is 0 Å². The Morgan fingerprint density at radius 3 is 3.11 bits per heavy atom. The molecule has 0 spiro atoms. The highest BCUT2D eigenvalue weighted by Gasteiger charge is 2.12. The predicted molar refractivity (Wildman–Crippen MR) is 82.1 cm³/mol. The van der Waals surface area contributed by atoms with Gasteiger partial charge in [0, 0.05) is 9.35 Å². The van der Waals surface area contributed by atoms with Crippen molar-refractivity contribution in [2.75, 3.05) is 5.32 Å². The summed E-state index contributed by atoms with van der Waals surface area (Å²) in [5.41, 5.74) is 1.91. The summed E-state index contributed by atoms with van der Waals surface area (Å²) in [5, 5.41) is 9.79. The molecule has 0 amide bonds. The van der Waals surface area contributed by atoms with E-state index in [-0.39, 0.29) is 5.28 Å². The molecule has 4 nitrogen and oxygen atoms in total. The number of thiophene rings is 1. The monoisotopic (exact) mass is 356 g/mol. The van der Waals surface area contributed by atoms with E-state index in [0.29, 0.717) is 0 Å². The highest BCUT2D eigenvalue weighted by Crippen LogP contribution is 2.26. The van der Waals surface area contributed by atoms with Crippen molar-refractivity contribution in [1.82, 2.24) is 14.6 Å². The van der Waals surface area contributed by atoms with Gasteiger partial charge in [-0.25, -0.2) is 4.52 Å². The number of anilines is 1. The van der Waals surface area contributed by atoms with Gasteiger partial charge in [-0.15, -0.1) is 16.4 Å². The molecule has 0 aliphatic carbocycles. The lowest BCUT2D eigenvalue weighted by atomic mass is 10.4. The Balaban J connectivity index is 2.00. The van der Waals surface area contributed by atoms with Gasteiger partial charge in [-0.05, 0) is 52.0 Å². The third-order valence-corrected chi connectivity index (χ3v) is 4.63. The minimum atomic E-state index is 0.229. The first-order chi connectivity index (χ1) is 9.15.